The van der Waals surface area contributed by atoms with Crippen molar-refractivity contribution < 1.29 is 0 Å². The Kier molecular flexibility index (Phi) is 2.94. The molecule has 0 bridgehead atoms. The van der Waals surface area contributed by atoms with Crippen LogP contribution in [0.2, 0.25) is 0 Å². The smallest absolute Gasteiger partial charge is 0.157 e. The molecule has 1 aromatic rings. The summed E-state index contributed by atoms with van der Waals surface area (Å²) in [4.78, 5) is 7.36. The van der Waals surface area contributed by atoms with Crippen LogP contribution in [0.25, 0.3) is 0 Å². The number of nitrogens with zero attached hydrogens (tertiary/aromatic N) is 1. The number of aryl methyl sites for hydroxylation is 1. The van der Waals surface area contributed by atoms with E-state index >= 15 is 0 Å². The van der Waals surface area contributed by atoms with Crippen LogP contribution in [-0.4, -0.2) is 17.0 Å². The van der Waals surface area contributed by atoms with Crippen molar-refractivity contribution in [2.24, 2.45) is 10.9 Å². The Hall–Kier alpha value is -0.480. The molecule has 1 aromatic heterocycles. The Morgan fingerprint density at radius 3 is 3.00 bits per heavy atom. The van der Waals surface area contributed by atoms with Crippen molar-refractivity contribution in [3.05, 3.63) is 21.9 Å². The first-order chi connectivity index (χ1) is 7.81. The normalized spacial score (nSPS) is 24.6. The van der Waals surface area contributed by atoms with E-state index in [1.54, 1.807) is 0 Å². The second-order valence-corrected chi connectivity index (χ2v) is 7.11. The lowest BCUT2D eigenvalue weighted by Crippen LogP contribution is -2.18. The zero-order valence-corrected chi connectivity index (χ0v) is 11.0. The zero-order chi connectivity index (χ0) is 11.0. The molecule has 1 fully saturated rings. The van der Waals surface area contributed by atoms with E-state index in [1.165, 1.54) is 22.6 Å². The number of thioether (sulfide) groups is 1. The Bertz CT molecular complexity index is 407. The molecule has 0 spiro atoms. The summed E-state index contributed by atoms with van der Waals surface area (Å²) in [5, 5.41) is 5.37. The van der Waals surface area contributed by atoms with E-state index in [4.69, 9.17) is 0 Å². The molecular formula is C12H16N2S2. The van der Waals surface area contributed by atoms with Crippen LogP contribution in [0, 0.1) is 12.8 Å². The quantitative estimate of drug-likeness (QED) is 0.894. The molecule has 1 saturated carbocycles. The summed E-state index contributed by atoms with van der Waals surface area (Å²) in [7, 11) is 0. The van der Waals surface area contributed by atoms with Crippen LogP contribution in [0.1, 0.15) is 22.6 Å². The summed E-state index contributed by atoms with van der Waals surface area (Å²) in [6.45, 7) is 4.11. The van der Waals surface area contributed by atoms with Crippen LogP contribution in [0.15, 0.2) is 17.1 Å². The largest absolute Gasteiger partial charge is 0.360 e. The van der Waals surface area contributed by atoms with E-state index in [1.807, 2.05) is 23.1 Å². The van der Waals surface area contributed by atoms with Gasteiger partial charge in [-0.25, -0.2) is 0 Å². The van der Waals surface area contributed by atoms with E-state index in [0.29, 0.717) is 0 Å². The van der Waals surface area contributed by atoms with Crippen molar-refractivity contribution in [2.75, 3.05) is 6.54 Å². The molecule has 16 heavy (non-hydrogen) atoms. The molecule has 1 N–H and O–H groups in total. The van der Waals surface area contributed by atoms with Gasteiger partial charge >= 0.3 is 0 Å². The Labute approximate surface area is 105 Å². The molecule has 0 aromatic carbocycles. The third kappa shape index (κ3) is 2.43. The average molecular weight is 252 g/mol. The van der Waals surface area contributed by atoms with Crippen molar-refractivity contribution in [3.63, 3.8) is 0 Å². The van der Waals surface area contributed by atoms with Crippen LogP contribution in [-0.2, 0) is 6.54 Å². The molecular weight excluding hydrogens is 236 g/mol. The minimum absolute atomic E-state index is 0.771. The molecule has 86 valence electrons. The van der Waals surface area contributed by atoms with E-state index in [2.05, 4.69) is 29.4 Å². The van der Waals surface area contributed by atoms with Gasteiger partial charge in [-0.05, 0) is 37.8 Å². The third-order valence-corrected chi connectivity index (χ3v) is 5.37. The minimum atomic E-state index is 0.771. The first-order valence-corrected chi connectivity index (χ1v) is 7.51. The van der Waals surface area contributed by atoms with Gasteiger partial charge in [-0.15, -0.1) is 11.3 Å². The lowest BCUT2D eigenvalue weighted by atomic mass is 10.3. The number of hydrogen-bond acceptors (Lipinski definition) is 4. The second-order valence-electron chi connectivity index (χ2n) is 4.51. The minimum Gasteiger partial charge on any atom is -0.360 e. The standard InChI is InChI=1S/C12H16N2S2/c1-8-2-5-10(15-8)6-13-12-14-7-11(16-12)9-3-4-9/h2,5,9,11H,3-4,6-7H2,1H3,(H,13,14). The molecule has 0 radical (unpaired) electrons. The van der Waals surface area contributed by atoms with Crippen molar-refractivity contribution in [1.29, 1.82) is 0 Å². The van der Waals surface area contributed by atoms with Gasteiger partial charge in [0.05, 0.1) is 13.1 Å². The molecule has 1 atom stereocenters. The molecule has 1 aliphatic carbocycles. The van der Waals surface area contributed by atoms with Crippen LogP contribution < -0.4 is 5.32 Å². The van der Waals surface area contributed by atoms with E-state index < -0.39 is 0 Å². The molecule has 0 saturated heterocycles. The maximum absolute atomic E-state index is 4.57. The van der Waals surface area contributed by atoms with Crippen molar-refractivity contribution in [1.82, 2.24) is 5.32 Å². The van der Waals surface area contributed by atoms with Gasteiger partial charge in [0.15, 0.2) is 5.17 Å². The van der Waals surface area contributed by atoms with Gasteiger partial charge < -0.3 is 5.32 Å². The molecule has 0 amide bonds. The molecule has 2 heterocycles. The molecule has 1 unspecified atom stereocenters. The predicted molar refractivity (Wildman–Crippen MR) is 72.3 cm³/mol. The first-order valence-electron chi connectivity index (χ1n) is 5.81. The number of nitrogens with one attached hydrogen (secondary N) is 1. The van der Waals surface area contributed by atoms with E-state index in [0.717, 1.165) is 29.4 Å². The average Bonchev–Trinajstić information content (AvgIpc) is 2.87. The predicted octanol–water partition coefficient (Wildman–Crippen LogP) is 3.03. The van der Waals surface area contributed by atoms with Gasteiger partial charge in [0.25, 0.3) is 0 Å². The number of amidine groups is 1. The third-order valence-electron chi connectivity index (χ3n) is 3.04. The summed E-state index contributed by atoms with van der Waals surface area (Å²) >= 11 is 3.81. The van der Waals surface area contributed by atoms with Crippen molar-refractivity contribution in [3.8, 4) is 0 Å². The summed E-state index contributed by atoms with van der Waals surface area (Å²) in [6, 6.07) is 4.38. The maximum atomic E-state index is 4.57. The van der Waals surface area contributed by atoms with E-state index in [9.17, 15) is 0 Å². The molecule has 4 heteroatoms. The first kappa shape index (κ1) is 10.7. The van der Waals surface area contributed by atoms with Gasteiger partial charge in [0.1, 0.15) is 0 Å². The Balaban J connectivity index is 1.49. The number of rotatable bonds is 3. The summed E-state index contributed by atoms with van der Waals surface area (Å²) < 4.78 is 0. The van der Waals surface area contributed by atoms with Gasteiger partial charge in [0, 0.05) is 15.0 Å². The number of thiophene rings is 1. The lowest BCUT2D eigenvalue weighted by Gasteiger charge is -2.06. The van der Waals surface area contributed by atoms with Gasteiger partial charge in [-0.1, -0.05) is 11.8 Å². The highest BCUT2D eigenvalue weighted by atomic mass is 32.2. The Morgan fingerprint density at radius 1 is 1.44 bits per heavy atom. The summed E-state index contributed by atoms with van der Waals surface area (Å²) in [5.41, 5.74) is 0. The maximum Gasteiger partial charge on any atom is 0.157 e. The summed E-state index contributed by atoms with van der Waals surface area (Å²) in [5.74, 6) is 0.956. The van der Waals surface area contributed by atoms with Gasteiger partial charge in [-0.3, -0.25) is 4.99 Å². The monoisotopic (exact) mass is 252 g/mol. The highest BCUT2D eigenvalue weighted by molar-refractivity contribution is 8.14. The number of aliphatic imine (C=N–C) groups is 1. The second kappa shape index (κ2) is 4.41. The van der Waals surface area contributed by atoms with Gasteiger partial charge in [-0.2, -0.15) is 0 Å². The van der Waals surface area contributed by atoms with Crippen LogP contribution in [0.5, 0.6) is 0 Å². The SMILES string of the molecule is Cc1ccc(CNC2=NCC(C3CC3)S2)s1. The topological polar surface area (TPSA) is 24.4 Å². The zero-order valence-electron chi connectivity index (χ0n) is 9.40. The fourth-order valence-electron chi connectivity index (χ4n) is 1.94. The fraction of sp³-hybridized carbons (Fsp3) is 0.583. The van der Waals surface area contributed by atoms with E-state index in [-0.39, 0.29) is 0 Å². The van der Waals surface area contributed by atoms with Gasteiger partial charge in [0.2, 0.25) is 0 Å². The number of hydrogen-bond donors (Lipinski definition) is 1. The fourth-order valence-corrected chi connectivity index (χ4v) is 3.98. The molecule has 2 aliphatic rings. The van der Waals surface area contributed by atoms with Crippen LogP contribution in [0.3, 0.4) is 0 Å². The van der Waals surface area contributed by atoms with Crippen LogP contribution in [0.4, 0.5) is 0 Å². The molecule has 3 rings (SSSR count). The van der Waals surface area contributed by atoms with Crippen molar-refractivity contribution >= 4 is 28.3 Å². The Morgan fingerprint density at radius 2 is 2.31 bits per heavy atom. The highest BCUT2D eigenvalue weighted by Crippen LogP contribution is 2.41. The summed E-state index contributed by atoms with van der Waals surface area (Å²) in [6.07, 6.45) is 2.84. The highest BCUT2D eigenvalue weighted by Gasteiger charge is 2.35. The van der Waals surface area contributed by atoms with Crippen molar-refractivity contribution in [2.45, 2.75) is 31.6 Å². The van der Waals surface area contributed by atoms with Crippen LogP contribution >= 0.6 is 23.1 Å². The lowest BCUT2D eigenvalue weighted by molar-refractivity contribution is 0.772. The molecule has 2 nitrogen and oxygen atoms in total. The molecule has 1 aliphatic heterocycles.